The molecule has 0 bridgehead atoms. The van der Waals surface area contributed by atoms with Crippen molar-refractivity contribution in [1.82, 2.24) is 25.2 Å². The topological polar surface area (TPSA) is 98.7 Å². The molecular weight excluding hydrogens is 364 g/mol. The molecule has 2 aliphatic rings. The van der Waals surface area contributed by atoms with E-state index in [9.17, 15) is 4.79 Å². The summed E-state index contributed by atoms with van der Waals surface area (Å²) in [6.45, 7) is 0. The van der Waals surface area contributed by atoms with Gasteiger partial charge < -0.3 is 9.73 Å². The fourth-order valence-corrected chi connectivity index (χ4v) is 4.26. The molecule has 1 aromatic carbocycles. The van der Waals surface area contributed by atoms with Crippen molar-refractivity contribution in [2.45, 2.75) is 55.6 Å². The maximum Gasteiger partial charge on any atom is 0.234 e. The number of nitrogens with one attached hydrogen (secondary N) is 1. The fraction of sp³-hybridized carbons (Fsp3) is 0.500. The number of benzene rings is 1. The molecule has 2 heterocycles. The van der Waals surface area contributed by atoms with E-state index in [1.807, 2.05) is 22.9 Å². The minimum atomic E-state index is -0.0915. The summed E-state index contributed by atoms with van der Waals surface area (Å²) in [5.41, 5.74) is 2.27. The van der Waals surface area contributed by atoms with Gasteiger partial charge in [-0.25, -0.2) is 9.67 Å². The van der Waals surface area contributed by atoms with Crippen molar-refractivity contribution >= 4 is 34.5 Å². The maximum absolute atomic E-state index is 12.3. The van der Waals surface area contributed by atoms with Crippen molar-refractivity contribution in [3.63, 3.8) is 0 Å². The summed E-state index contributed by atoms with van der Waals surface area (Å²) in [7, 11) is 0. The van der Waals surface area contributed by atoms with Gasteiger partial charge in [0.05, 0.1) is 11.8 Å². The van der Waals surface area contributed by atoms with Crippen LogP contribution in [0.2, 0.25) is 0 Å². The van der Waals surface area contributed by atoms with Gasteiger partial charge in [0, 0.05) is 11.6 Å². The van der Waals surface area contributed by atoms with Crippen molar-refractivity contribution in [2.75, 3.05) is 11.1 Å². The SMILES string of the molecule is O=C(CSc1nnnn1C1CCCC1)Nc1ccc2oc(C3CC3)nc2c1. The number of tetrazole rings is 1. The predicted molar refractivity (Wildman–Crippen MR) is 101 cm³/mol. The van der Waals surface area contributed by atoms with Crippen LogP contribution in [0.25, 0.3) is 11.1 Å². The standard InChI is InChI=1S/C18H20N6O2S/c25-16(10-27-18-21-22-23-24(18)13-3-1-2-4-13)19-12-7-8-15-14(9-12)20-17(26-15)11-5-6-11/h7-9,11,13H,1-6,10H2,(H,19,25). The molecule has 2 aromatic heterocycles. The van der Waals surface area contributed by atoms with Gasteiger partial charge in [-0.05, 0) is 54.3 Å². The summed E-state index contributed by atoms with van der Waals surface area (Å²) in [4.78, 5) is 16.9. The first kappa shape index (κ1) is 16.7. The molecule has 1 N–H and O–H groups in total. The van der Waals surface area contributed by atoms with E-state index in [4.69, 9.17) is 4.42 Å². The number of nitrogens with zero attached hydrogens (tertiary/aromatic N) is 5. The second-order valence-corrected chi connectivity index (χ2v) is 8.13. The van der Waals surface area contributed by atoms with E-state index < -0.39 is 0 Å². The second kappa shape index (κ2) is 6.95. The monoisotopic (exact) mass is 384 g/mol. The smallest absolute Gasteiger partial charge is 0.234 e. The van der Waals surface area contributed by atoms with Gasteiger partial charge >= 0.3 is 0 Å². The number of carbonyl (C=O) groups excluding carboxylic acids is 1. The molecule has 5 rings (SSSR count). The molecule has 9 heteroatoms. The van der Waals surface area contributed by atoms with E-state index >= 15 is 0 Å². The van der Waals surface area contributed by atoms with Crippen molar-refractivity contribution in [3.05, 3.63) is 24.1 Å². The third-order valence-electron chi connectivity index (χ3n) is 5.08. The molecule has 0 spiro atoms. The maximum atomic E-state index is 12.3. The lowest BCUT2D eigenvalue weighted by Crippen LogP contribution is -2.15. The molecule has 0 unspecified atom stereocenters. The Kier molecular flexibility index (Phi) is 4.31. The summed E-state index contributed by atoms with van der Waals surface area (Å²) in [5, 5.41) is 15.6. The molecule has 2 aliphatic carbocycles. The summed E-state index contributed by atoms with van der Waals surface area (Å²) in [6, 6.07) is 5.92. The van der Waals surface area contributed by atoms with Crippen LogP contribution in [-0.2, 0) is 4.79 Å². The quantitative estimate of drug-likeness (QED) is 0.649. The molecule has 0 saturated heterocycles. The fourth-order valence-electron chi connectivity index (χ4n) is 3.51. The molecule has 140 valence electrons. The molecule has 2 saturated carbocycles. The number of hydrogen-bond acceptors (Lipinski definition) is 7. The van der Waals surface area contributed by atoms with Gasteiger partial charge in [0.15, 0.2) is 11.5 Å². The number of thioether (sulfide) groups is 1. The molecular formula is C18H20N6O2S. The number of amides is 1. The number of rotatable bonds is 6. The van der Waals surface area contributed by atoms with Gasteiger partial charge in [0.1, 0.15) is 5.52 Å². The number of hydrogen-bond donors (Lipinski definition) is 1. The molecule has 2 fully saturated rings. The Morgan fingerprint density at radius 3 is 2.93 bits per heavy atom. The van der Waals surface area contributed by atoms with Crippen LogP contribution in [-0.4, -0.2) is 36.9 Å². The molecule has 27 heavy (non-hydrogen) atoms. The Bertz CT molecular complexity index is 973. The highest BCUT2D eigenvalue weighted by atomic mass is 32.2. The number of anilines is 1. The Morgan fingerprint density at radius 2 is 2.11 bits per heavy atom. The molecule has 3 aromatic rings. The van der Waals surface area contributed by atoms with Gasteiger partial charge in [-0.2, -0.15) is 0 Å². The average Bonchev–Trinajstić information content (AvgIpc) is 3.08. The highest BCUT2D eigenvalue weighted by Gasteiger charge is 2.29. The van der Waals surface area contributed by atoms with Crippen LogP contribution >= 0.6 is 11.8 Å². The van der Waals surface area contributed by atoms with Crippen LogP contribution in [0.1, 0.15) is 56.4 Å². The third kappa shape index (κ3) is 3.55. The van der Waals surface area contributed by atoms with E-state index in [1.165, 1.54) is 24.6 Å². The first-order valence-electron chi connectivity index (χ1n) is 9.37. The van der Waals surface area contributed by atoms with Crippen LogP contribution in [0.4, 0.5) is 5.69 Å². The largest absolute Gasteiger partial charge is 0.440 e. The lowest BCUT2D eigenvalue weighted by Gasteiger charge is -2.10. The van der Waals surface area contributed by atoms with E-state index in [0.717, 1.165) is 48.4 Å². The molecule has 0 atom stereocenters. The van der Waals surface area contributed by atoms with Crippen molar-refractivity contribution in [1.29, 1.82) is 0 Å². The van der Waals surface area contributed by atoms with Crippen LogP contribution in [0.15, 0.2) is 27.8 Å². The van der Waals surface area contributed by atoms with Crippen molar-refractivity contribution in [2.24, 2.45) is 0 Å². The zero-order chi connectivity index (χ0) is 18.2. The number of aromatic nitrogens is 5. The van der Waals surface area contributed by atoms with Crippen LogP contribution in [0.3, 0.4) is 0 Å². The third-order valence-corrected chi connectivity index (χ3v) is 6.01. The van der Waals surface area contributed by atoms with Crippen molar-refractivity contribution in [3.8, 4) is 0 Å². The second-order valence-electron chi connectivity index (χ2n) is 7.19. The molecule has 0 aliphatic heterocycles. The summed E-state index contributed by atoms with van der Waals surface area (Å²) >= 11 is 1.37. The predicted octanol–water partition coefficient (Wildman–Crippen LogP) is 3.54. The molecule has 8 nitrogen and oxygen atoms in total. The normalized spacial score (nSPS) is 17.6. The highest BCUT2D eigenvalue weighted by molar-refractivity contribution is 7.99. The minimum absolute atomic E-state index is 0.0915. The van der Waals surface area contributed by atoms with Gasteiger partial charge in [0.2, 0.25) is 11.1 Å². The Hall–Kier alpha value is -2.42. The number of carbonyl (C=O) groups is 1. The minimum Gasteiger partial charge on any atom is -0.440 e. The summed E-state index contributed by atoms with van der Waals surface area (Å²) in [6.07, 6.45) is 6.92. The zero-order valence-electron chi connectivity index (χ0n) is 14.8. The number of fused-ring (bicyclic) bond motifs is 1. The van der Waals surface area contributed by atoms with E-state index in [1.54, 1.807) is 0 Å². The molecule has 1 amide bonds. The van der Waals surface area contributed by atoms with Gasteiger partial charge in [-0.1, -0.05) is 24.6 Å². The van der Waals surface area contributed by atoms with Crippen LogP contribution in [0, 0.1) is 0 Å². The Morgan fingerprint density at radius 1 is 1.26 bits per heavy atom. The van der Waals surface area contributed by atoms with Gasteiger partial charge in [-0.15, -0.1) is 5.10 Å². The Labute approximate surface area is 160 Å². The Balaban J connectivity index is 1.22. The number of oxazole rings is 1. The average molecular weight is 384 g/mol. The summed E-state index contributed by atoms with van der Waals surface area (Å²) < 4.78 is 7.62. The first-order valence-corrected chi connectivity index (χ1v) is 10.4. The zero-order valence-corrected chi connectivity index (χ0v) is 15.6. The lowest BCUT2D eigenvalue weighted by molar-refractivity contribution is -0.113. The van der Waals surface area contributed by atoms with Crippen molar-refractivity contribution < 1.29 is 9.21 Å². The summed E-state index contributed by atoms with van der Waals surface area (Å²) in [5.74, 6) is 1.45. The highest BCUT2D eigenvalue weighted by Crippen LogP contribution is 2.40. The van der Waals surface area contributed by atoms with Gasteiger partial charge in [0.25, 0.3) is 0 Å². The molecule has 0 radical (unpaired) electrons. The van der Waals surface area contributed by atoms with E-state index in [-0.39, 0.29) is 11.7 Å². The van der Waals surface area contributed by atoms with Crippen LogP contribution < -0.4 is 5.32 Å². The van der Waals surface area contributed by atoms with E-state index in [2.05, 4.69) is 25.8 Å². The van der Waals surface area contributed by atoms with E-state index in [0.29, 0.717) is 17.1 Å². The lowest BCUT2D eigenvalue weighted by atomic mass is 10.3. The first-order chi connectivity index (χ1) is 13.3. The van der Waals surface area contributed by atoms with Gasteiger partial charge in [-0.3, -0.25) is 4.79 Å². The van der Waals surface area contributed by atoms with Crippen LogP contribution in [0.5, 0.6) is 0 Å².